The summed E-state index contributed by atoms with van der Waals surface area (Å²) in [6, 6.07) is 5.55. The van der Waals surface area contributed by atoms with E-state index in [9.17, 15) is 27.2 Å². The lowest BCUT2D eigenvalue weighted by molar-refractivity contribution is -0.0502. The number of pyridine rings is 1. The highest BCUT2D eigenvalue weighted by Crippen LogP contribution is 2.37. The fraction of sp³-hybridized carbons (Fsp3) is 0.375. The van der Waals surface area contributed by atoms with Crippen molar-refractivity contribution in [2.24, 2.45) is 0 Å². The first kappa shape index (κ1) is 26.8. The van der Waals surface area contributed by atoms with Crippen molar-refractivity contribution in [1.82, 2.24) is 20.0 Å². The number of methoxy groups -OCH3 is 2. The molecular weight excluding hydrogens is 516 g/mol. The molecule has 38 heavy (non-hydrogen) atoms. The molecular formula is C24H24F4N4O6. The van der Waals surface area contributed by atoms with Gasteiger partial charge in [0.15, 0.2) is 6.61 Å². The summed E-state index contributed by atoms with van der Waals surface area (Å²) >= 11 is 0. The number of alkyl halides is 4. The first-order valence-electron chi connectivity index (χ1n) is 11.4. The van der Waals surface area contributed by atoms with E-state index in [1.54, 1.807) is 4.40 Å². The van der Waals surface area contributed by atoms with Crippen LogP contribution >= 0.6 is 0 Å². The predicted molar refractivity (Wildman–Crippen MR) is 125 cm³/mol. The second-order valence-electron chi connectivity index (χ2n) is 8.40. The fourth-order valence-electron chi connectivity index (χ4n) is 3.58. The highest BCUT2D eigenvalue weighted by molar-refractivity contribution is 6.01. The van der Waals surface area contributed by atoms with Crippen LogP contribution in [0.5, 0.6) is 17.2 Å². The lowest BCUT2D eigenvalue weighted by atomic mass is 10.1. The molecule has 0 aliphatic heterocycles. The average molecular weight is 540 g/mol. The summed E-state index contributed by atoms with van der Waals surface area (Å²) in [5.74, 6) is -4.23. The number of imidazole rings is 1. The maximum absolute atomic E-state index is 14.0. The molecule has 1 saturated carbocycles. The number of fused-ring (bicyclic) bond motifs is 1. The van der Waals surface area contributed by atoms with Crippen molar-refractivity contribution in [2.75, 3.05) is 27.4 Å². The summed E-state index contributed by atoms with van der Waals surface area (Å²) in [6.07, 6.45) is 3.52. The molecule has 1 aromatic carbocycles. The van der Waals surface area contributed by atoms with Gasteiger partial charge in [-0.15, -0.1) is 0 Å². The third kappa shape index (κ3) is 6.36. The molecule has 0 radical (unpaired) electrons. The van der Waals surface area contributed by atoms with Crippen molar-refractivity contribution in [3.05, 3.63) is 42.2 Å². The minimum absolute atomic E-state index is 0.0222. The zero-order chi connectivity index (χ0) is 27.4. The van der Waals surface area contributed by atoms with E-state index in [0.717, 1.165) is 20.0 Å². The van der Waals surface area contributed by atoms with Crippen molar-refractivity contribution in [1.29, 1.82) is 0 Å². The first-order chi connectivity index (χ1) is 18.1. The van der Waals surface area contributed by atoms with E-state index in [0.29, 0.717) is 16.9 Å². The first-order valence-corrected chi connectivity index (χ1v) is 11.4. The van der Waals surface area contributed by atoms with Gasteiger partial charge in [0.25, 0.3) is 11.8 Å². The molecule has 2 heterocycles. The van der Waals surface area contributed by atoms with Gasteiger partial charge in [0.1, 0.15) is 28.5 Å². The quantitative estimate of drug-likeness (QED) is 0.355. The highest BCUT2D eigenvalue weighted by atomic mass is 19.3. The number of nitrogens with zero attached hydrogens (tertiary/aromatic N) is 2. The van der Waals surface area contributed by atoms with E-state index < -0.39 is 37.7 Å². The Bertz CT molecular complexity index is 1330. The monoisotopic (exact) mass is 540 g/mol. The molecule has 0 atom stereocenters. The zero-order valence-electron chi connectivity index (χ0n) is 20.3. The number of halogens is 4. The molecule has 2 amide bonds. The van der Waals surface area contributed by atoms with Crippen LogP contribution in [0.1, 0.15) is 23.2 Å². The number of amides is 2. The SMILES string of the molecule is COC(=O)NCC(F)(F)COc1ccn2c(-c3cc(OC)c(C(=O)NC4CC4)c(OC(F)F)c3)cnc2c1. The van der Waals surface area contributed by atoms with Gasteiger partial charge in [-0.25, -0.2) is 18.6 Å². The number of carbonyl (C=O) groups excluding carboxylic acids is 2. The van der Waals surface area contributed by atoms with Crippen LogP contribution < -0.4 is 24.8 Å². The van der Waals surface area contributed by atoms with E-state index in [1.807, 2.05) is 5.32 Å². The van der Waals surface area contributed by atoms with Crippen molar-refractivity contribution >= 4 is 17.6 Å². The van der Waals surface area contributed by atoms with Gasteiger partial charge in [0.05, 0.1) is 32.7 Å². The molecule has 3 aromatic rings. The van der Waals surface area contributed by atoms with Crippen LogP contribution in [0.4, 0.5) is 22.4 Å². The number of carbonyl (C=O) groups is 2. The summed E-state index contributed by atoms with van der Waals surface area (Å²) in [7, 11) is 2.36. The Morgan fingerprint density at radius 2 is 1.92 bits per heavy atom. The third-order valence-corrected chi connectivity index (χ3v) is 5.55. The fourth-order valence-corrected chi connectivity index (χ4v) is 3.58. The molecule has 0 unspecified atom stereocenters. The minimum Gasteiger partial charge on any atom is -0.496 e. The number of alkyl carbamates (subject to hydrolysis) is 1. The molecule has 1 aliphatic carbocycles. The van der Waals surface area contributed by atoms with Gasteiger partial charge >= 0.3 is 12.7 Å². The second kappa shape index (κ2) is 11.0. The maximum atomic E-state index is 14.0. The molecule has 1 aliphatic rings. The van der Waals surface area contributed by atoms with Crippen molar-refractivity contribution in [2.45, 2.75) is 31.4 Å². The van der Waals surface area contributed by atoms with Crippen LogP contribution in [0.2, 0.25) is 0 Å². The van der Waals surface area contributed by atoms with Crippen LogP contribution in [0.3, 0.4) is 0 Å². The van der Waals surface area contributed by atoms with Crippen molar-refractivity contribution in [3.8, 4) is 28.5 Å². The number of ether oxygens (including phenoxy) is 4. The largest absolute Gasteiger partial charge is 0.496 e. The van der Waals surface area contributed by atoms with Gasteiger partial charge < -0.3 is 29.6 Å². The van der Waals surface area contributed by atoms with Crippen molar-refractivity contribution in [3.63, 3.8) is 0 Å². The molecule has 0 saturated heterocycles. The Kier molecular flexibility index (Phi) is 7.78. The number of hydrogen-bond donors (Lipinski definition) is 2. The smallest absolute Gasteiger partial charge is 0.407 e. The normalized spacial score (nSPS) is 13.3. The molecule has 10 nitrogen and oxygen atoms in total. The Morgan fingerprint density at radius 1 is 1.18 bits per heavy atom. The molecule has 0 spiro atoms. The van der Waals surface area contributed by atoms with Crippen LogP contribution in [0.15, 0.2) is 36.7 Å². The van der Waals surface area contributed by atoms with Crippen LogP contribution in [-0.4, -0.2) is 67.3 Å². The second-order valence-corrected chi connectivity index (χ2v) is 8.40. The van der Waals surface area contributed by atoms with Gasteiger partial charge in [-0.2, -0.15) is 8.78 Å². The average Bonchev–Trinajstić information content (AvgIpc) is 3.60. The van der Waals surface area contributed by atoms with Gasteiger partial charge in [-0.3, -0.25) is 9.20 Å². The zero-order valence-corrected chi connectivity index (χ0v) is 20.3. The predicted octanol–water partition coefficient (Wildman–Crippen LogP) is 3.87. The Hall–Kier alpha value is -4.23. The maximum Gasteiger partial charge on any atom is 0.407 e. The molecule has 4 rings (SSSR count). The number of aromatic nitrogens is 2. The van der Waals surface area contributed by atoms with E-state index in [-0.39, 0.29) is 28.9 Å². The third-order valence-electron chi connectivity index (χ3n) is 5.55. The standard InChI is InChI=1S/C24H24F4N4O6/c1-35-17-7-13(8-18(38-22(25)26)20(17)21(33)31-14-3-4-14)16-10-29-19-9-15(5-6-32(16)19)37-12-24(27,28)11-30-23(34)36-2/h5-10,14,22H,3-4,11-12H2,1-2H3,(H,30,34)(H,31,33). The Labute approximate surface area is 213 Å². The summed E-state index contributed by atoms with van der Waals surface area (Å²) in [4.78, 5) is 28.0. The summed E-state index contributed by atoms with van der Waals surface area (Å²) in [5.41, 5.74) is 0.919. The highest BCUT2D eigenvalue weighted by Gasteiger charge is 2.31. The number of nitrogens with one attached hydrogen (secondary N) is 2. The van der Waals surface area contributed by atoms with Crippen molar-refractivity contribution < 1.29 is 46.1 Å². The van der Waals surface area contributed by atoms with Gasteiger partial charge in [-0.05, 0) is 31.0 Å². The van der Waals surface area contributed by atoms with Gasteiger partial charge in [0, 0.05) is 23.9 Å². The molecule has 0 bridgehead atoms. The molecule has 204 valence electrons. The Balaban J connectivity index is 1.59. The van der Waals surface area contributed by atoms with Crippen LogP contribution in [0.25, 0.3) is 16.9 Å². The number of hydrogen-bond acceptors (Lipinski definition) is 7. The van der Waals surface area contributed by atoms with E-state index in [1.165, 1.54) is 43.8 Å². The summed E-state index contributed by atoms with van der Waals surface area (Å²) in [5, 5.41) is 4.64. The van der Waals surface area contributed by atoms with E-state index in [4.69, 9.17) is 9.47 Å². The molecule has 2 aromatic heterocycles. The molecule has 14 heteroatoms. The van der Waals surface area contributed by atoms with Gasteiger partial charge in [-0.1, -0.05) is 0 Å². The molecule has 1 fully saturated rings. The summed E-state index contributed by atoms with van der Waals surface area (Å²) < 4.78 is 75.4. The number of rotatable bonds is 11. The molecule has 2 N–H and O–H groups in total. The van der Waals surface area contributed by atoms with Crippen LogP contribution in [-0.2, 0) is 4.74 Å². The summed E-state index contributed by atoms with van der Waals surface area (Å²) in [6.45, 7) is -5.18. The lowest BCUT2D eigenvalue weighted by Crippen LogP contribution is -2.40. The van der Waals surface area contributed by atoms with E-state index in [2.05, 4.69) is 19.8 Å². The lowest BCUT2D eigenvalue weighted by Gasteiger charge is -2.17. The number of benzene rings is 1. The van der Waals surface area contributed by atoms with Crippen LogP contribution in [0, 0.1) is 0 Å². The topological polar surface area (TPSA) is 112 Å². The van der Waals surface area contributed by atoms with Gasteiger partial charge in [0.2, 0.25) is 0 Å². The minimum atomic E-state index is -3.37. The Morgan fingerprint density at radius 3 is 2.58 bits per heavy atom. The van der Waals surface area contributed by atoms with E-state index >= 15 is 0 Å².